The van der Waals surface area contributed by atoms with Gasteiger partial charge in [-0.1, -0.05) is 13.0 Å². The van der Waals surface area contributed by atoms with E-state index in [1.807, 2.05) is 31.3 Å². The van der Waals surface area contributed by atoms with Crippen molar-refractivity contribution in [1.82, 2.24) is 4.98 Å². The maximum absolute atomic E-state index is 11.0. The van der Waals surface area contributed by atoms with Crippen LogP contribution in [0.25, 0.3) is 22.6 Å². The van der Waals surface area contributed by atoms with Gasteiger partial charge in [0.25, 0.3) is 5.69 Å². The van der Waals surface area contributed by atoms with Crippen molar-refractivity contribution < 1.29 is 18.9 Å². The third-order valence-corrected chi connectivity index (χ3v) is 4.94. The van der Waals surface area contributed by atoms with Gasteiger partial charge in [0.15, 0.2) is 5.58 Å². The number of anilines is 1. The zero-order valence-electron chi connectivity index (χ0n) is 17.5. The van der Waals surface area contributed by atoms with Crippen LogP contribution in [-0.4, -0.2) is 36.1 Å². The van der Waals surface area contributed by atoms with Crippen molar-refractivity contribution in [1.29, 1.82) is 0 Å². The molecule has 0 unspecified atom stereocenters. The zero-order chi connectivity index (χ0) is 22.2. The second-order valence-corrected chi connectivity index (χ2v) is 7.18. The number of rotatable bonds is 11. The Balaban J connectivity index is 1.50. The van der Waals surface area contributed by atoms with Crippen LogP contribution in [-0.2, 0) is 9.53 Å². The number of fused-ring (bicyclic) bond motifs is 1. The molecule has 8 heteroatoms. The highest BCUT2D eigenvalue weighted by Gasteiger charge is 2.13. The van der Waals surface area contributed by atoms with E-state index >= 15 is 0 Å². The molecular formula is C23H25N3O5. The molecule has 0 atom stereocenters. The van der Waals surface area contributed by atoms with Crippen LogP contribution in [0.2, 0.25) is 0 Å². The van der Waals surface area contributed by atoms with E-state index in [4.69, 9.17) is 9.15 Å². The first-order valence-corrected chi connectivity index (χ1v) is 10.1. The van der Waals surface area contributed by atoms with Crippen LogP contribution in [0.15, 0.2) is 59.5 Å². The summed E-state index contributed by atoms with van der Waals surface area (Å²) in [4.78, 5) is 28.0. The fourth-order valence-corrected chi connectivity index (χ4v) is 3.17. The van der Waals surface area contributed by atoms with Crippen molar-refractivity contribution in [3.05, 3.63) is 65.2 Å². The molecule has 0 spiro atoms. The molecule has 3 aromatic rings. The number of esters is 1. The minimum Gasteiger partial charge on any atom is -0.463 e. The molecule has 8 nitrogen and oxygen atoms in total. The van der Waals surface area contributed by atoms with Gasteiger partial charge in [0.2, 0.25) is 5.89 Å². The van der Waals surface area contributed by atoms with E-state index in [1.54, 1.807) is 6.07 Å². The van der Waals surface area contributed by atoms with E-state index < -0.39 is 4.92 Å². The van der Waals surface area contributed by atoms with Crippen molar-refractivity contribution in [2.45, 2.75) is 25.7 Å². The number of non-ortho nitro benzene ring substituents is 1. The number of nitro benzene ring substituents is 1. The zero-order valence-corrected chi connectivity index (χ0v) is 17.5. The first-order valence-electron chi connectivity index (χ1n) is 10.1. The number of hydrogen-bond acceptors (Lipinski definition) is 7. The Kier molecular flexibility index (Phi) is 7.37. The number of nitrogens with zero attached hydrogens (tertiary/aromatic N) is 3. The first-order chi connectivity index (χ1) is 15.0. The highest BCUT2D eigenvalue weighted by atomic mass is 16.6. The van der Waals surface area contributed by atoms with E-state index in [-0.39, 0.29) is 11.7 Å². The molecule has 0 aliphatic heterocycles. The molecule has 0 radical (unpaired) electrons. The topological polar surface area (TPSA) is 98.7 Å². The molecule has 0 saturated carbocycles. The first kappa shape index (κ1) is 22.0. The molecule has 3 rings (SSSR count). The van der Waals surface area contributed by atoms with Crippen LogP contribution in [0, 0.1) is 10.1 Å². The lowest BCUT2D eigenvalue weighted by molar-refractivity contribution is -0.384. The maximum Gasteiger partial charge on any atom is 0.330 e. The highest BCUT2D eigenvalue weighted by molar-refractivity contribution is 5.81. The van der Waals surface area contributed by atoms with E-state index in [2.05, 4.69) is 16.5 Å². The molecule has 0 aliphatic rings. The summed E-state index contributed by atoms with van der Waals surface area (Å²) < 4.78 is 10.7. The molecule has 0 amide bonds. The van der Waals surface area contributed by atoms with Crippen molar-refractivity contribution in [3.63, 3.8) is 0 Å². The third-order valence-electron chi connectivity index (χ3n) is 4.94. The third kappa shape index (κ3) is 5.91. The average molecular weight is 423 g/mol. The molecule has 162 valence electrons. The number of carbonyl (C=O) groups excluding carboxylic acids is 1. The summed E-state index contributed by atoms with van der Waals surface area (Å²) in [7, 11) is 2.04. The van der Waals surface area contributed by atoms with Gasteiger partial charge in [0.1, 0.15) is 5.52 Å². The SMILES string of the molecule is C=CC(=O)OCCCCCCN(C)c1ccc(-c2nc3ccc([N+](=O)[O-])cc3o2)cc1. The minimum absolute atomic E-state index is 0.0232. The summed E-state index contributed by atoms with van der Waals surface area (Å²) in [6.07, 6.45) is 5.13. The molecule has 0 bridgehead atoms. The minimum atomic E-state index is -0.454. The summed E-state index contributed by atoms with van der Waals surface area (Å²) in [5.41, 5.74) is 2.84. The van der Waals surface area contributed by atoms with Crippen LogP contribution >= 0.6 is 0 Å². The number of hydrogen-bond donors (Lipinski definition) is 0. The number of carbonyl (C=O) groups is 1. The van der Waals surface area contributed by atoms with Crippen LogP contribution in [0.5, 0.6) is 0 Å². The lowest BCUT2D eigenvalue weighted by atomic mass is 10.1. The fourth-order valence-electron chi connectivity index (χ4n) is 3.17. The fraction of sp³-hybridized carbons (Fsp3) is 0.304. The summed E-state index contributed by atoms with van der Waals surface area (Å²) in [5, 5.41) is 10.9. The number of ether oxygens (including phenoxy) is 1. The van der Waals surface area contributed by atoms with Crippen molar-refractivity contribution >= 4 is 28.4 Å². The summed E-state index contributed by atoms with van der Waals surface area (Å²) in [6.45, 7) is 4.72. The second-order valence-electron chi connectivity index (χ2n) is 7.18. The Morgan fingerprint density at radius 1 is 1.19 bits per heavy atom. The van der Waals surface area contributed by atoms with Crippen molar-refractivity contribution in [3.8, 4) is 11.5 Å². The van der Waals surface area contributed by atoms with Crippen molar-refractivity contribution in [2.24, 2.45) is 0 Å². The lowest BCUT2D eigenvalue weighted by Gasteiger charge is -2.19. The van der Waals surface area contributed by atoms with Gasteiger partial charge in [-0.05, 0) is 49.6 Å². The predicted molar refractivity (Wildman–Crippen MR) is 119 cm³/mol. The number of aromatic nitrogens is 1. The standard InChI is InChI=1S/C23H25N3O5/c1-3-22(27)30-15-7-5-4-6-14-25(2)18-10-8-17(9-11-18)23-24-20-13-12-19(26(28)29)16-21(20)31-23/h3,8-13,16H,1,4-7,14-15H2,2H3. The maximum atomic E-state index is 11.0. The second kappa shape index (κ2) is 10.4. The number of benzene rings is 2. The smallest absolute Gasteiger partial charge is 0.330 e. The average Bonchev–Trinajstić information content (AvgIpc) is 3.21. The quantitative estimate of drug-likeness (QED) is 0.139. The van der Waals surface area contributed by atoms with Gasteiger partial charge in [-0.25, -0.2) is 9.78 Å². The van der Waals surface area contributed by atoms with E-state index in [1.165, 1.54) is 18.2 Å². The lowest BCUT2D eigenvalue weighted by Crippen LogP contribution is -2.18. The monoisotopic (exact) mass is 423 g/mol. The molecule has 2 aromatic carbocycles. The van der Waals surface area contributed by atoms with Gasteiger partial charge in [0.05, 0.1) is 17.6 Å². The Labute approximate surface area is 180 Å². The van der Waals surface area contributed by atoms with Crippen LogP contribution in [0.3, 0.4) is 0 Å². The number of unbranched alkanes of at least 4 members (excludes halogenated alkanes) is 3. The Morgan fingerprint density at radius 2 is 1.94 bits per heavy atom. The van der Waals surface area contributed by atoms with Crippen LogP contribution in [0.4, 0.5) is 11.4 Å². The molecule has 0 aliphatic carbocycles. The van der Waals surface area contributed by atoms with Crippen LogP contribution < -0.4 is 4.90 Å². The molecule has 31 heavy (non-hydrogen) atoms. The molecular weight excluding hydrogens is 398 g/mol. The van der Waals surface area contributed by atoms with E-state index in [0.29, 0.717) is 23.6 Å². The normalized spacial score (nSPS) is 10.7. The van der Waals surface area contributed by atoms with Gasteiger partial charge in [-0.15, -0.1) is 0 Å². The Morgan fingerprint density at radius 3 is 2.65 bits per heavy atom. The van der Waals surface area contributed by atoms with Crippen molar-refractivity contribution in [2.75, 3.05) is 25.1 Å². The predicted octanol–water partition coefficient (Wildman–Crippen LogP) is 5.13. The van der Waals surface area contributed by atoms with Crippen LogP contribution in [0.1, 0.15) is 25.7 Å². The molecule has 0 saturated heterocycles. The van der Waals surface area contributed by atoms with E-state index in [0.717, 1.165) is 43.5 Å². The number of oxazole rings is 1. The molecule has 1 aromatic heterocycles. The summed E-state index contributed by atoms with van der Waals surface area (Å²) in [6, 6.07) is 12.3. The molecule has 1 heterocycles. The summed E-state index contributed by atoms with van der Waals surface area (Å²) >= 11 is 0. The summed E-state index contributed by atoms with van der Waals surface area (Å²) in [5.74, 6) is 0.0594. The van der Waals surface area contributed by atoms with Gasteiger partial charge >= 0.3 is 5.97 Å². The van der Waals surface area contributed by atoms with Gasteiger partial charge in [-0.2, -0.15) is 0 Å². The van der Waals surface area contributed by atoms with Gasteiger partial charge in [-0.3, -0.25) is 10.1 Å². The Bertz CT molecular complexity index is 1060. The Hall–Kier alpha value is -3.68. The number of nitro groups is 1. The largest absolute Gasteiger partial charge is 0.463 e. The van der Waals surface area contributed by atoms with Gasteiger partial charge < -0.3 is 14.1 Å². The highest BCUT2D eigenvalue weighted by Crippen LogP contribution is 2.28. The van der Waals surface area contributed by atoms with Gasteiger partial charge in [0, 0.05) is 37.0 Å². The molecule has 0 N–H and O–H groups in total. The molecule has 0 fully saturated rings. The van der Waals surface area contributed by atoms with E-state index in [9.17, 15) is 14.9 Å².